The van der Waals surface area contributed by atoms with E-state index in [2.05, 4.69) is 16.0 Å². The molecule has 0 aliphatic heterocycles. The number of hydrogen-bond donors (Lipinski definition) is 3. The van der Waals surface area contributed by atoms with Crippen LogP contribution < -0.4 is 20.7 Å². The molecule has 8 heteroatoms. The minimum absolute atomic E-state index is 0.339. The molecule has 4 rings (SSSR count). The first-order chi connectivity index (χ1) is 22.3. The van der Waals surface area contributed by atoms with E-state index in [1.54, 1.807) is 7.11 Å². The summed E-state index contributed by atoms with van der Waals surface area (Å²) >= 11 is 1.47. The molecule has 7 nitrogen and oxygen atoms in total. The summed E-state index contributed by atoms with van der Waals surface area (Å²) in [5.41, 5.74) is 6.53. The molecule has 0 heterocycles. The van der Waals surface area contributed by atoms with Gasteiger partial charge in [0.1, 0.15) is 5.75 Å². The van der Waals surface area contributed by atoms with Crippen LogP contribution in [-0.4, -0.2) is 49.2 Å². The highest BCUT2D eigenvalue weighted by Crippen LogP contribution is 2.23. The molecule has 0 unspecified atom stereocenters. The van der Waals surface area contributed by atoms with Crippen LogP contribution in [0.5, 0.6) is 5.75 Å². The van der Waals surface area contributed by atoms with E-state index >= 15 is 0 Å². The Kier molecular flexibility index (Phi) is 13.3. The average Bonchev–Trinajstić information content (AvgIpc) is 3.07. The molecule has 0 radical (unpaired) electrons. The molecule has 4 aromatic rings. The molecule has 0 aliphatic carbocycles. The van der Waals surface area contributed by atoms with Gasteiger partial charge in [0.15, 0.2) is 6.04 Å². The molecule has 0 aliphatic rings. The average molecular weight is 638 g/mol. The lowest BCUT2D eigenvalue weighted by atomic mass is 10.1. The fourth-order valence-electron chi connectivity index (χ4n) is 5.09. The highest BCUT2D eigenvalue weighted by Gasteiger charge is 2.31. The van der Waals surface area contributed by atoms with Crippen LogP contribution >= 0.6 is 11.8 Å². The first-order valence-electron chi connectivity index (χ1n) is 15.6. The van der Waals surface area contributed by atoms with Crippen LogP contribution in [0.4, 0.5) is 0 Å². The number of thioether (sulfide) groups is 1. The smallest absolute Gasteiger partial charge is 0.252 e. The Morgan fingerprint density at radius 2 is 1.17 bits per heavy atom. The topological polar surface area (TPSA) is 96.5 Å². The van der Waals surface area contributed by atoms with E-state index in [-0.39, 0.29) is 5.91 Å². The van der Waals surface area contributed by atoms with Crippen LogP contribution in [0.2, 0.25) is 0 Å². The number of amides is 3. The summed E-state index contributed by atoms with van der Waals surface area (Å²) in [7, 11) is 1.62. The van der Waals surface area contributed by atoms with Gasteiger partial charge in [-0.2, -0.15) is 0 Å². The number of carbonyl (C=O) groups excluding carboxylic acids is 3. The van der Waals surface area contributed by atoms with E-state index in [4.69, 9.17) is 4.74 Å². The molecule has 4 aromatic carbocycles. The lowest BCUT2D eigenvalue weighted by Gasteiger charge is -2.22. The van der Waals surface area contributed by atoms with Crippen molar-refractivity contribution in [2.75, 3.05) is 20.2 Å². The third kappa shape index (κ3) is 10.5. The highest BCUT2D eigenvalue weighted by molar-refractivity contribution is 7.99. The molecule has 240 valence electrons. The van der Waals surface area contributed by atoms with Crippen molar-refractivity contribution in [1.29, 1.82) is 0 Å². The highest BCUT2D eigenvalue weighted by atomic mass is 32.2. The molecular formula is C38H43N3O4S. The zero-order valence-electron chi connectivity index (χ0n) is 26.8. The maximum absolute atomic E-state index is 13.9. The normalized spacial score (nSPS) is 11.5. The summed E-state index contributed by atoms with van der Waals surface area (Å²) in [5.74, 6) is -0.0967. The quantitative estimate of drug-likeness (QED) is 0.144. The van der Waals surface area contributed by atoms with E-state index in [1.165, 1.54) is 11.8 Å². The first kappa shape index (κ1) is 34.3. The van der Waals surface area contributed by atoms with Gasteiger partial charge in [-0.25, -0.2) is 0 Å². The van der Waals surface area contributed by atoms with E-state index < -0.39 is 23.1 Å². The number of carbonyl (C=O) groups is 3. The van der Waals surface area contributed by atoms with Crippen molar-refractivity contribution in [1.82, 2.24) is 16.0 Å². The van der Waals surface area contributed by atoms with Crippen molar-refractivity contribution in [3.05, 3.63) is 137 Å². The number of methoxy groups -OCH3 is 1. The standard InChI is InChI=1S/C38H43N3O4S/c1-27-11-7-9-15-31(27)21-23-39-37(43)35(38(44)40-24-22-32-16-10-8-12-28(32)2)41-36(42)34(25-29-13-5-4-6-14-29)46-26-30-17-19-33(45-3)20-18-30/h4-20,34-35H,21-26H2,1-3H3,(H,39,43)(H,40,44)(H,41,42)/t34-/m0/s1. The van der Waals surface area contributed by atoms with Gasteiger partial charge in [-0.3, -0.25) is 14.4 Å². The summed E-state index contributed by atoms with van der Waals surface area (Å²) in [4.78, 5) is 40.9. The molecular weight excluding hydrogens is 595 g/mol. The molecule has 3 amide bonds. The molecule has 0 spiro atoms. The third-order valence-electron chi connectivity index (χ3n) is 7.89. The second-order valence-corrected chi connectivity index (χ2v) is 12.4. The van der Waals surface area contributed by atoms with Crippen LogP contribution in [0.1, 0.15) is 33.4 Å². The lowest BCUT2D eigenvalue weighted by Crippen LogP contribution is -2.57. The summed E-state index contributed by atoms with van der Waals surface area (Å²) in [6.45, 7) is 4.73. The van der Waals surface area contributed by atoms with Crippen molar-refractivity contribution in [3.63, 3.8) is 0 Å². The minimum Gasteiger partial charge on any atom is -0.497 e. The van der Waals surface area contributed by atoms with Gasteiger partial charge in [0.2, 0.25) is 5.91 Å². The summed E-state index contributed by atoms with van der Waals surface area (Å²) in [5, 5.41) is 8.04. The molecule has 0 saturated carbocycles. The largest absolute Gasteiger partial charge is 0.497 e. The fourth-order valence-corrected chi connectivity index (χ4v) is 6.20. The fraction of sp³-hybridized carbons (Fsp3) is 0.289. The maximum atomic E-state index is 13.9. The van der Waals surface area contributed by atoms with E-state index in [9.17, 15) is 14.4 Å². The summed E-state index contributed by atoms with van der Waals surface area (Å²) in [6, 6.07) is 32.1. The Hall–Kier alpha value is -4.56. The van der Waals surface area contributed by atoms with Crippen LogP contribution in [0.25, 0.3) is 0 Å². The molecule has 0 saturated heterocycles. The van der Waals surface area contributed by atoms with Crippen molar-refractivity contribution in [3.8, 4) is 5.75 Å². The lowest BCUT2D eigenvalue weighted by molar-refractivity contribution is -0.136. The van der Waals surface area contributed by atoms with Gasteiger partial charge < -0.3 is 20.7 Å². The van der Waals surface area contributed by atoms with Crippen LogP contribution in [0.3, 0.4) is 0 Å². The molecule has 1 atom stereocenters. The monoisotopic (exact) mass is 637 g/mol. The van der Waals surface area contributed by atoms with Crippen LogP contribution in [0, 0.1) is 13.8 Å². The third-order valence-corrected chi connectivity index (χ3v) is 9.17. The predicted octanol–water partition coefficient (Wildman–Crippen LogP) is 5.36. The van der Waals surface area contributed by atoms with Gasteiger partial charge in [0.05, 0.1) is 12.4 Å². The Labute approximate surface area is 276 Å². The van der Waals surface area contributed by atoms with Gasteiger partial charge in [-0.05, 0) is 78.6 Å². The van der Waals surface area contributed by atoms with Crippen molar-refractivity contribution in [2.45, 2.75) is 50.2 Å². The van der Waals surface area contributed by atoms with Crippen molar-refractivity contribution < 1.29 is 19.1 Å². The molecule has 0 fully saturated rings. The number of hydrogen-bond acceptors (Lipinski definition) is 5. The Morgan fingerprint density at radius 1 is 0.652 bits per heavy atom. The molecule has 3 N–H and O–H groups in total. The number of ether oxygens (including phenoxy) is 1. The summed E-state index contributed by atoms with van der Waals surface area (Å²) in [6.07, 6.45) is 1.68. The molecule has 0 bridgehead atoms. The van der Waals surface area contributed by atoms with E-state index in [0.717, 1.165) is 39.1 Å². The Bertz CT molecular complexity index is 1510. The number of rotatable bonds is 16. The molecule has 46 heavy (non-hydrogen) atoms. The van der Waals surface area contributed by atoms with Gasteiger partial charge in [-0.15, -0.1) is 11.8 Å². The maximum Gasteiger partial charge on any atom is 0.252 e. The van der Waals surface area contributed by atoms with Gasteiger partial charge in [0, 0.05) is 18.8 Å². The number of nitrogens with one attached hydrogen (secondary N) is 3. The predicted molar refractivity (Wildman–Crippen MR) is 186 cm³/mol. The van der Waals surface area contributed by atoms with Crippen LogP contribution in [-0.2, 0) is 39.4 Å². The van der Waals surface area contributed by atoms with Gasteiger partial charge in [-0.1, -0.05) is 91.0 Å². The van der Waals surface area contributed by atoms with Crippen molar-refractivity contribution in [2.24, 2.45) is 0 Å². The van der Waals surface area contributed by atoms with Crippen molar-refractivity contribution >= 4 is 29.5 Å². The van der Waals surface area contributed by atoms with Gasteiger partial charge >= 0.3 is 0 Å². The first-order valence-corrected chi connectivity index (χ1v) is 16.6. The minimum atomic E-state index is -1.37. The number of benzene rings is 4. The second kappa shape index (κ2) is 17.8. The Balaban J connectivity index is 1.47. The zero-order valence-corrected chi connectivity index (χ0v) is 27.6. The van der Waals surface area contributed by atoms with E-state index in [1.807, 2.05) is 117 Å². The van der Waals surface area contributed by atoms with Gasteiger partial charge in [0.25, 0.3) is 11.8 Å². The zero-order chi connectivity index (χ0) is 32.7. The van der Waals surface area contributed by atoms with Crippen LogP contribution in [0.15, 0.2) is 103 Å². The SMILES string of the molecule is COc1ccc(CS[C@@H](Cc2ccccc2)C(=O)NC(C(=O)NCCc2ccccc2C)C(=O)NCCc2ccccc2C)cc1. The number of aryl methyl sites for hydroxylation is 2. The molecule has 0 aromatic heterocycles. The summed E-state index contributed by atoms with van der Waals surface area (Å²) < 4.78 is 5.27. The Morgan fingerprint density at radius 3 is 1.70 bits per heavy atom. The van der Waals surface area contributed by atoms with E-state index in [0.29, 0.717) is 38.1 Å². The second-order valence-electron chi connectivity index (χ2n) is 11.2.